The van der Waals surface area contributed by atoms with Gasteiger partial charge in [0, 0.05) is 6.54 Å². The van der Waals surface area contributed by atoms with Gasteiger partial charge in [0.1, 0.15) is 0 Å². The van der Waals surface area contributed by atoms with Crippen LogP contribution in [0.3, 0.4) is 0 Å². The highest BCUT2D eigenvalue weighted by Crippen LogP contribution is 2.18. The van der Waals surface area contributed by atoms with Crippen molar-refractivity contribution in [2.24, 2.45) is 5.41 Å². The van der Waals surface area contributed by atoms with Gasteiger partial charge in [-0.25, -0.2) is 0 Å². The van der Waals surface area contributed by atoms with Gasteiger partial charge in [0.2, 0.25) is 0 Å². The summed E-state index contributed by atoms with van der Waals surface area (Å²) in [6.07, 6.45) is 1.17. The standard InChI is InChI=1S/C15H23NO2/c1-12-4-6-13(7-5-12)8-9-16-11-15(2,3)10-14(17)18/h4-7,16H,8-11H2,1-3H3,(H,17,18). The Kier molecular flexibility index (Phi) is 5.35. The number of aliphatic carboxylic acids is 1. The number of carboxylic acids is 1. The Bertz CT molecular complexity index is 382. The van der Waals surface area contributed by atoms with E-state index in [0.29, 0.717) is 0 Å². The second-order valence-electron chi connectivity index (χ2n) is 5.65. The van der Waals surface area contributed by atoms with Gasteiger partial charge in [-0.15, -0.1) is 0 Å². The number of nitrogens with one attached hydrogen (secondary N) is 1. The maximum absolute atomic E-state index is 10.7. The lowest BCUT2D eigenvalue weighted by Gasteiger charge is -2.22. The van der Waals surface area contributed by atoms with Crippen molar-refractivity contribution in [3.05, 3.63) is 35.4 Å². The summed E-state index contributed by atoms with van der Waals surface area (Å²) in [5, 5.41) is 12.1. The molecule has 1 aromatic rings. The normalized spacial score (nSPS) is 11.5. The second-order valence-corrected chi connectivity index (χ2v) is 5.65. The molecule has 0 fully saturated rings. The summed E-state index contributed by atoms with van der Waals surface area (Å²) < 4.78 is 0. The fraction of sp³-hybridized carbons (Fsp3) is 0.533. The summed E-state index contributed by atoms with van der Waals surface area (Å²) in [7, 11) is 0. The van der Waals surface area contributed by atoms with E-state index in [1.165, 1.54) is 11.1 Å². The molecule has 0 bridgehead atoms. The van der Waals surface area contributed by atoms with E-state index in [9.17, 15) is 4.79 Å². The molecule has 0 spiro atoms. The number of rotatable bonds is 7. The average molecular weight is 249 g/mol. The van der Waals surface area contributed by atoms with Crippen LogP contribution in [-0.4, -0.2) is 24.2 Å². The molecule has 100 valence electrons. The quantitative estimate of drug-likeness (QED) is 0.730. The first kappa shape index (κ1) is 14.7. The zero-order chi connectivity index (χ0) is 13.6. The van der Waals surface area contributed by atoms with Gasteiger partial charge in [0.05, 0.1) is 6.42 Å². The highest BCUT2D eigenvalue weighted by molar-refractivity contribution is 5.67. The van der Waals surface area contributed by atoms with Gasteiger partial charge in [0.15, 0.2) is 0 Å². The van der Waals surface area contributed by atoms with Gasteiger partial charge in [-0.3, -0.25) is 4.79 Å². The lowest BCUT2D eigenvalue weighted by atomic mass is 9.89. The Morgan fingerprint density at radius 1 is 1.28 bits per heavy atom. The molecule has 0 atom stereocenters. The monoisotopic (exact) mass is 249 g/mol. The largest absolute Gasteiger partial charge is 0.481 e. The van der Waals surface area contributed by atoms with Crippen molar-refractivity contribution in [1.82, 2.24) is 5.32 Å². The summed E-state index contributed by atoms with van der Waals surface area (Å²) in [6.45, 7) is 7.63. The molecule has 0 aliphatic carbocycles. The summed E-state index contributed by atoms with van der Waals surface area (Å²) >= 11 is 0. The van der Waals surface area contributed by atoms with Crippen molar-refractivity contribution in [1.29, 1.82) is 0 Å². The molecule has 3 nitrogen and oxygen atoms in total. The number of benzene rings is 1. The maximum Gasteiger partial charge on any atom is 0.303 e. The van der Waals surface area contributed by atoms with Crippen LogP contribution in [0.5, 0.6) is 0 Å². The van der Waals surface area contributed by atoms with E-state index in [1.54, 1.807) is 0 Å². The predicted molar refractivity (Wildman–Crippen MR) is 73.8 cm³/mol. The molecule has 0 saturated heterocycles. The molecule has 0 aromatic heterocycles. The minimum absolute atomic E-state index is 0.195. The third-order valence-electron chi connectivity index (χ3n) is 2.94. The van der Waals surface area contributed by atoms with Gasteiger partial charge in [0.25, 0.3) is 0 Å². The van der Waals surface area contributed by atoms with E-state index in [0.717, 1.165) is 19.5 Å². The van der Waals surface area contributed by atoms with Crippen LogP contribution in [0.15, 0.2) is 24.3 Å². The minimum atomic E-state index is -0.736. The Labute approximate surface area is 109 Å². The summed E-state index contributed by atoms with van der Waals surface area (Å²) in [4.78, 5) is 10.7. The van der Waals surface area contributed by atoms with Crippen molar-refractivity contribution in [2.75, 3.05) is 13.1 Å². The Balaban J connectivity index is 2.26. The van der Waals surface area contributed by atoms with E-state index in [-0.39, 0.29) is 11.8 Å². The molecule has 0 amide bonds. The second kappa shape index (κ2) is 6.55. The van der Waals surface area contributed by atoms with Crippen molar-refractivity contribution < 1.29 is 9.90 Å². The van der Waals surface area contributed by atoms with E-state index in [2.05, 4.69) is 36.5 Å². The topological polar surface area (TPSA) is 49.3 Å². The van der Waals surface area contributed by atoms with Crippen LogP contribution in [0.1, 0.15) is 31.4 Å². The van der Waals surface area contributed by atoms with Gasteiger partial charge in [-0.05, 0) is 30.9 Å². The first-order valence-electron chi connectivity index (χ1n) is 6.37. The van der Waals surface area contributed by atoms with Crippen LogP contribution in [0.25, 0.3) is 0 Å². The number of carbonyl (C=O) groups is 1. The fourth-order valence-electron chi connectivity index (χ4n) is 1.89. The average Bonchev–Trinajstić information content (AvgIpc) is 2.25. The zero-order valence-electron chi connectivity index (χ0n) is 11.5. The Morgan fingerprint density at radius 2 is 1.89 bits per heavy atom. The molecule has 3 heteroatoms. The first-order chi connectivity index (χ1) is 8.39. The molecule has 2 N–H and O–H groups in total. The molecule has 1 rings (SSSR count). The predicted octanol–water partition coefficient (Wildman–Crippen LogP) is 2.63. The summed E-state index contributed by atoms with van der Waals surface area (Å²) in [6, 6.07) is 8.51. The van der Waals surface area contributed by atoms with Gasteiger partial charge in [-0.2, -0.15) is 0 Å². The SMILES string of the molecule is Cc1ccc(CCNCC(C)(C)CC(=O)O)cc1. The maximum atomic E-state index is 10.7. The van der Waals surface area contributed by atoms with E-state index >= 15 is 0 Å². The number of hydrogen-bond donors (Lipinski definition) is 2. The third-order valence-corrected chi connectivity index (χ3v) is 2.94. The Morgan fingerprint density at radius 3 is 2.44 bits per heavy atom. The zero-order valence-corrected chi connectivity index (χ0v) is 11.5. The fourth-order valence-corrected chi connectivity index (χ4v) is 1.89. The van der Waals surface area contributed by atoms with Crippen molar-refractivity contribution in [2.45, 2.75) is 33.6 Å². The van der Waals surface area contributed by atoms with Crippen molar-refractivity contribution >= 4 is 5.97 Å². The molecule has 0 heterocycles. The lowest BCUT2D eigenvalue weighted by molar-refractivity contribution is -0.139. The molecule has 0 saturated carbocycles. The van der Waals surface area contributed by atoms with Crippen LogP contribution < -0.4 is 5.32 Å². The van der Waals surface area contributed by atoms with E-state index in [1.807, 2.05) is 13.8 Å². The molecule has 18 heavy (non-hydrogen) atoms. The minimum Gasteiger partial charge on any atom is -0.481 e. The highest BCUT2D eigenvalue weighted by Gasteiger charge is 2.20. The molecule has 0 aliphatic rings. The molecular formula is C15H23NO2. The Hall–Kier alpha value is -1.35. The number of aryl methyl sites for hydroxylation is 1. The molecule has 0 aliphatic heterocycles. The van der Waals surface area contributed by atoms with Gasteiger partial charge >= 0.3 is 5.97 Å². The summed E-state index contributed by atoms with van der Waals surface area (Å²) in [5.74, 6) is -0.736. The molecular weight excluding hydrogens is 226 g/mol. The van der Waals surface area contributed by atoms with Crippen LogP contribution in [-0.2, 0) is 11.2 Å². The molecule has 0 unspecified atom stereocenters. The van der Waals surface area contributed by atoms with E-state index in [4.69, 9.17) is 5.11 Å². The first-order valence-corrected chi connectivity index (χ1v) is 6.37. The van der Waals surface area contributed by atoms with Crippen LogP contribution in [0.4, 0.5) is 0 Å². The smallest absolute Gasteiger partial charge is 0.303 e. The lowest BCUT2D eigenvalue weighted by Crippen LogP contribution is -2.32. The summed E-state index contributed by atoms with van der Waals surface area (Å²) in [5.41, 5.74) is 2.39. The highest BCUT2D eigenvalue weighted by atomic mass is 16.4. The molecule has 0 radical (unpaired) electrons. The van der Waals surface area contributed by atoms with E-state index < -0.39 is 5.97 Å². The number of carboxylic acid groups (broad SMARTS) is 1. The van der Waals surface area contributed by atoms with Crippen LogP contribution in [0.2, 0.25) is 0 Å². The number of hydrogen-bond acceptors (Lipinski definition) is 2. The molecule has 1 aromatic carbocycles. The van der Waals surface area contributed by atoms with Crippen molar-refractivity contribution in [3.8, 4) is 0 Å². The van der Waals surface area contributed by atoms with Crippen molar-refractivity contribution in [3.63, 3.8) is 0 Å². The third kappa shape index (κ3) is 5.82. The van der Waals surface area contributed by atoms with Gasteiger partial charge in [-0.1, -0.05) is 43.7 Å². The van der Waals surface area contributed by atoms with Crippen LogP contribution >= 0.6 is 0 Å². The van der Waals surface area contributed by atoms with Crippen LogP contribution in [0, 0.1) is 12.3 Å². The van der Waals surface area contributed by atoms with Gasteiger partial charge < -0.3 is 10.4 Å².